The molecular weight excluding hydrogens is 470 g/mol. The van der Waals surface area contributed by atoms with Gasteiger partial charge in [-0.2, -0.15) is 4.31 Å². The van der Waals surface area contributed by atoms with Gasteiger partial charge in [-0.1, -0.05) is 11.6 Å². The topological polar surface area (TPSA) is 97.4 Å². The fourth-order valence-corrected chi connectivity index (χ4v) is 5.45. The second-order valence-electron chi connectivity index (χ2n) is 7.59. The summed E-state index contributed by atoms with van der Waals surface area (Å²) in [5.74, 6) is -0.231. The molecule has 2 aromatic carbocycles. The largest absolute Gasteiger partial charge is 0.496 e. The Labute approximate surface area is 198 Å². The van der Waals surface area contributed by atoms with Crippen molar-refractivity contribution in [1.82, 2.24) is 4.31 Å². The maximum atomic E-state index is 13.3. The summed E-state index contributed by atoms with van der Waals surface area (Å²) in [6, 6.07) is 9.56. The van der Waals surface area contributed by atoms with E-state index in [1.54, 1.807) is 12.1 Å². The Balaban J connectivity index is 1.65. The number of rotatable bonds is 6. The van der Waals surface area contributed by atoms with Crippen molar-refractivity contribution in [1.29, 1.82) is 0 Å². The first-order valence-corrected chi connectivity index (χ1v) is 12.4. The Kier molecular flexibility index (Phi) is 7.40. The molecule has 2 aromatic rings. The van der Waals surface area contributed by atoms with Gasteiger partial charge in [0.15, 0.2) is 0 Å². The third-order valence-electron chi connectivity index (χ3n) is 5.58. The van der Waals surface area contributed by atoms with Gasteiger partial charge >= 0.3 is 0 Å². The zero-order valence-corrected chi connectivity index (χ0v) is 19.8. The van der Waals surface area contributed by atoms with E-state index in [1.807, 2.05) is 6.07 Å². The molecule has 2 fully saturated rings. The van der Waals surface area contributed by atoms with Gasteiger partial charge in [-0.05, 0) is 36.4 Å². The predicted molar refractivity (Wildman–Crippen MR) is 125 cm³/mol. The average Bonchev–Trinajstić information content (AvgIpc) is 2.84. The van der Waals surface area contributed by atoms with Gasteiger partial charge in [-0.3, -0.25) is 4.79 Å². The van der Waals surface area contributed by atoms with Crippen molar-refractivity contribution in [2.24, 2.45) is 0 Å². The van der Waals surface area contributed by atoms with E-state index in [9.17, 15) is 13.2 Å². The number of benzene rings is 2. The van der Waals surface area contributed by atoms with E-state index in [4.69, 9.17) is 25.8 Å². The lowest BCUT2D eigenvalue weighted by molar-refractivity contribution is 0.0730. The van der Waals surface area contributed by atoms with Crippen LogP contribution in [0.5, 0.6) is 5.75 Å². The van der Waals surface area contributed by atoms with Crippen molar-refractivity contribution in [3.05, 3.63) is 47.0 Å². The van der Waals surface area contributed by atoms with Gasteiger partial charge in [0.2, 0.25) is 10.0 Å². The Morgan fingerprint density at radius 1 is 1.00 bits per heavy atom. The Morgan fingerprint density at radius 2 is 1.67 bits per heavy atom. The van der Waals surface area contributed by atoms with Crippen LogP contribution in [0.2, 0.25) is 5.02 Å². The van der Waals surface area contributed by atoms with Crippen molar-refractivity contribution < 1.29 is 27.4 Å². The number of hydrogen-bond acceptors (Lipinski definition) is 7. The molecule has 2 heterocycles. The lowest BCUT2D eigenvalue weighted by Gasteiger charge is -2.30. The smallest absolute Gasteiger partial charge is 0.259 e. The highest BCUT2D eigenvalue weighted by molar-refractivity contribution is 7.89. The molecule has 0 bridgehead atoms. The normalized spacial score (nSPS) is 17.6. The van der Waals surface area contributed by atoms with Crippen LogP contribution in [-0.2, 0) is 19.5 Å². The van der Waals surface area contributed by atoms with Gasteiger partial charge in [0, 0.05) is 31.2 Å². The summed E-state index contributed by atoms with van der Waals surface area (Å²) in [5, 5.41) is 3.35. The molecule has 0 aliphatic carbocycles. The van der Waals surface area contributed by atoms with E-state index >= 15 is 0 Å². The summed E-state index contributed by atoms with van der Waals surface area (Å²) in [5.41, 5.74) is 1.45. The zero-order valence-electron chi connectivity index (χ0n) is 18.3. The quantitative estimate of drug-likeness (QED) is 0.657. The van der Waals surface area contributed by atoms with Crippen LogP contribution < -0.4 is 15.0 Å². The molecule has 178 valence electrons. The molecule has 2 aliphatic rings. The van der Waals surface area contributed by atoms with E-state index < -0.39 is 15.9 Å². The zero-order chi connectivity index (χ0) is 23.4. The van der Waals surface area contributed by atoms with Crippen molar-refractivity contribution in [2.45, 2.75) is 4.90 Å². The predicted octanol–water partition coefficient (Wildman–Crippen LogP) is 2.46. The minimum absolute atomic E-state index is 0.0230. The first-order valence-electron chi connectivity index (χ1n) is 10.6. The molecule has 4 rings (SSSR count). The monoisotopic (exact) mass is 495 g/mol. The molecule has 0 unspecified atom stereocenters. The summed E-state index contributed by atoms with van der Waals surface area (Å²) in [6.07, 6.45) is 0. The van der Waals surface area contributed by atoms with Crippen LogP contribution in [0.1, 0.15) is 10.4 Å². The number of nitrogens with one attached hydrogen (secondary N) is 1. The standard InChI is InChI=1S/C22H26ClN3O6S/c1-30-21-5-3-17(33(28,29)26-8-12-32-13-9-26)15-18(21)22(27)24-19-14-16(23)2-4-20(19)25-6-10-31-11-7-25/h2-5,14-15H,6-13H2,1H3,(H,24,27). The highest BCUT2D eigenvalue weighted by atomic mass is 35.5. The molecule has 0 spiro atoms. The lowest BCUT2D eigenvalue weighted by atomic mass is 10.1. The molecule has 0 radical (unpaired) electrons. The van der Waals surface area contributed by atoms with Gasteiger partial charge in [0.05, 0.1) is 55.4 Å². The Morgan fingerprint density at radius 3 is 2.33 bits per heavy atom. The maximum absolute atomic E-state index is 13.3. The second-order valence-corrected chi connectivity index (χ2v) is 9.97. The lowest BCUT2D eigenvalue weighted by Crippen LogP contribution is -2.40. The molecule has 33 heavy (non-hydrogen) atoms. The van der Waals surface area contributed by atoms with Crippen LogP contribution in [0.3, 0.4) is 0 Å². The van der Waals surface area contributed by atoms with Crippen LogP contribution in [0, 0.1) is 0 Å². The van der Waals surface area contributed by atoms with Crippen molar-refractivity contribution in [2.75, 3.05) is 69.9 Å². The van der Waals surface area contributed by atoms with Crippen LogP contribution in [0.4, 0.5) is 11.4 Å². The second kappa shape index (κ2) is 10.3. The van der Waals surface area contributed by atoms with Crippen LogP contribution >= 0.6 is 11.6 Å². The average molecular weight is 496 g/mol. The van der Waals surface area contributed by atoms with Gasteiger partial charge in [-0.15, -0.1) is 0 Å². The maximum Gasteiger partial charge on any atom is 0.259 e. The SMILES string of the molecule is COc1ccc(S(=O)(=O)N2CCOCC2)cc1C(=O)Nc1cc(Cl)ccc1N1CCOCC1. The Hall–Kier alpha value is -2.37. The highest BCUT2D eigenvalue weighted by Gasteiger charge is 2.28. The number of hydrogen-bond donors (Lipinski definition) is 1. The van der Waals surface area contributed by atoms with E-state index in [0.29, 0.717) is 50.2 Å². The van der Waals surface area contributed by atoms with Crippen molar-refractivity contribution in [3.8, 4) is 5.75 Å². The molecule has 0 atom stereocenters. The first-order chi connectivity index (χ1) is 15.9. The number of sulfonamides is 1. The molecule has 0 aromatic heterocycles. The number of methoxy groups -OCH3 is 1. The molecule has 9 nitrogen and oxygen atoms in total. The number of anilines is 2. The summed E-state index contributed by atoms with van der Waals surface area (Å²) >= 11 is 6.20. The first kappa shape index (κ1) is 23.8. The summed E-state index contributed by atoms with van der Waals surface area (Å²) in [4.78, 5) is 15.4. The van der Waals surface area contributed by atoms with Gasteiger partial charge in [0.25, 0.3) is 5.91 Å². The van der Waals surface area contributed by atoms with E-state index in [0.717, 1.165) is 5.69 Å². The number of morpholine rings is 2. The number of nitrogens with zero attached hydrogens (tertiary/aromatic N) is 2. The molecule has 11 heteroatoms. The summed E-state index contributed by atoms with van der Waals surface area (Å²) in [6.45, 7) is 3.74. The summed E-state index contributed by atoms with van der Waals surface area (Å²) < 4.78 is 43.5. The fraction of sp³-hybridized carbons (Fsp3) is 0.409. The third kappa shape index (κ3) is 5.25. The number of halogens is 1. The molecular formula is C22H26ClN3O6S. The molecule has 2 saturated heterocycles. The van der Waals surface area contributed by atoms with Crippen molar-refractivity contribution >= 4 is 38.9 Å². The highest BCUT2D eigenvalue weighted by Crippen LogP contribution is 2.32. The number of amides is 1. The molecule has 1 amide bonds. The number of carbonyl (C=O) groups excluding carboxylic acids is 1. The number of ether oxygens (including phenoxy) is 3. The summed E-state index contributed by atoms with van der Waals surface area (Å²) in [7, 11) is -2.34. The van der Waals surface area contributed by atoms with E-state index in [2.05, 4.69) is 10.2 Å². The van der Waals surface area contributed by atoms with Crippen molar-refractivity contribution in [3.63, 3.8) is 0 Å². The third-order valence-corrected chi connectivity index (χ3v) is 7.71. The van der Waals surface area contributed by atoms with Crippen LogP contribution in [-0.4, -0.2) is 78.3 Å². The minimum atomic E-state index is -3.77. The Bertz CT molecular complexity index is 1120. The molecule has 0 saturated carbocycles. The van der Waals surface area contributed by atoms with E-state index in [-0.39, 0.29) is 29.3 Å². The van der Waals surface area contributed by atoms with Gasteiger partial charge < -0.3 is 24.4 Å². The van der Waals surface area contributed by atoms with Gasteiger partial charge in [0.1, 0.15) is 5.75 Å². The number of carbonyl (C=O) groups is 1. The molecule has 2 aliphatic heterocycles. The molecule has 1 N–H and O–H groups in total. The minimum Gasteiger partial charge on any atom is -0.496 e. The van der Waals surface area contributed by atoms with E-state index in [1.165, 1.54) is 29.6 Å². The van der Waals surface area contributed by atoms with Crippen LogP contribution in [0.15, 0.2) is 41.3 Å². The van der Waals surface area contributed by atoms with Gasteiger partial charge in [-0.25, -0.2) is 8.42 Å². The fourth-order valence-electron chi connectivity index (χ4n) is 3.84. The van der Waals surface area contributed by atoms with Crippen LogP contribution in [0.25, 0.3) is 0 Å².